The van der Waals surface area contributed by atoms with Gasteiger partial charge in [-0.25, -0.2) is 0 Å². The van der Waals surface area contributed by atoms with Gasteiger partial charge in [-0.05, 0) is 23.8 Å². The van der Waals surface area contributed by atoms with Crippen molar-refractivity contribution in [2.24, 2.45) is 10.9 Å². The first kappa shape index (κ1) is 15.9. The Kier molecular flexibility index (Phi) is 3.73. The summed E-state index contributed by atoms with van der Waals surface area (Å²) in [6.07, 6.45) is 0. The van der Waals surface area contributed by atoms with Crippen LogP contribution in [-0.4, -0.2) is 11.5 Å². The maximum Gasteiger partial charge on any atom is 0.174 e. The third-order valence-corrected chi connectivity index (χ3v) is 6.64. The Hall–Kier alpha value is -2.36. The molecule has 1 aliphatic carbocycles. The number of carbonyl (C=O) groups excluding carboxylic acids is 1. The van der Waals surface area contributed by atoms with Gasteiger partial charge >= 0.3 is 0 Å². The lowest BCUT2D eigenvalue weighted by atomic mass is 9.93. The van der Waals surface area contributed by atoms with Gasteiger partial charge in [0.2, 0.25) is 0 Å². The second-order valence-electron chi connectivity index (χ2n) is 6.41. The van der Waals surface area contributed by atoms with Crippen LogP contribution in [0.4, 0.5) is 5.69 Å². The highest BCUT2D eigenvalue weighted by molar-refractivity contribution is 7.99. The van der Waals surface area contributed by atoms with Crippen LogP contribution in [0.3, 0.4) is 0 Å². The number of rotatable bonds is 1. The van der Waals surface area contributed by atoms with Gasteiger partial charge in [-0.1, -0.05) is 66.2 Å². The second kappa shape index (κ2) is 6.11. The molecule has 0 saturated heterocycles. The summed E-state index contributed by atoms with van der Waals surface area (Å²) in [5, 5.41) is 0.582. The maximum absolute atomic E-state index is 13.3. The molecule has 1 heterocycles. The first-order valence-electron chi connectivity index (χ1n) is 8.46. The van der Waals surface area contributed by atoms with E-state index in [1.807, 2.05) is 66.7 Å². The van der Waals surface area contributed by atoms with Crippen LogP contribution in [0, 0.1) is 5.92 Å². The second-order valence-corrected chi connectivity index (χ2v) is 8.00. The summed E-state index contributed by atoms with van der Waals surface area (Å²) in [7, 11) is 0. The van der Waals surface area contributed by atoms with E-state index in [4.69, 9.17) is 16.6 Å². The molecule has 26 heavy (non-hydrogen) atoms. The smallest absolute Gasteiger partial charge is 0.174 e. The normalized spacial score (nSPS) is 20.7. The minimum atomic E-state index is -0.329. The van der Waals surface area contributed by atoms with Crippen molar-refractivity contribution in [3.63, 3.8) is 0 Å². The summed E-state index contributed by atoms with van der Waals surface area (Å²) < 4.78 is 0. The van der Waals surface area contributed by atoms with E-state index in [1.165, 1.54) is 0 Å². The van der Waals surface area contributed by atoms with Crippen molar-refractivity contribution in [1.29, 1.82) is 0 Å². The predicted molar refractivity (Wildman–Crippen MR) is 107 cm³/mol. The molecule has 5 rings (SSSR count). The van der Waals surface area contributed by atoms with Crippen LogP contribution in [0.1, 0.15) is 26.7 Å². The summed E-state index contributed by atoms with van der Waals surface area (Å²) in [5.74, 6) is -0.200. The molecule has 0 unspecified atom stereocenters. The molecule has 0 amide bonds. The summed E-state index contributed by atoms with van der Waals surface area (Å²) in [6.45, 7) is 0. The van der Waals surface area contributed by atoms with Gasteiger partial charge < -0.3 is 0 Å². The molecule has 4 heteroatoms. The van der Waals surface area contributed by atoms with E-state index in [0.717, 1.165) is 33.0 Å². The Balaban J connectivity index is 1.78. The Morgan fingerprint density at radius 2 is 1.54 bits per heavy atom. The van der Waals surface area contributed by atoms with Crippen LogP contribution < -0.4 is 0 Å². The number of fused-ring (bicyclic) bond motifs is 4. The fraction of sp³-hybridized carbons (Fsp3) is 0.0909. The number of carbonyl (C=O) groups is 1. The first-order chi connectivity index (χ1) is 12.7. The van der Waals surface area contributed by atoms with Crippen LogP contribution in [0.15, 0.2) is 82.7 Å². The van der Waals surface area contributed by atoms with Crippen LogP contribution in [0.2, 0.25) is 5.02 Å². The maximum atomic E-state index is 13.3. The van der Waals surface area contributed by atoms with Gasteiger partial charge in [-0.2, -0.15) is 0 Å². The number of para-hydroxylation sites is 1. The van der Waals surface area contributed by atoms with Gasteiger partial charge in [-0.15, -0.1) is 11.8 Å². The summed E-state index contributed by atoms with van der Waals surface area (Å²) in [4.78, 5) is 19.3. The third-order valence-electron chi connectivity index (χ3n) is 4.92. The summed E-state index contributed by atoms with van der Waals surface area (Å²) in [5.41, 5.74) is 4.45. The van der Waals surface area contributed by atoms with Crippen molar-refractivity contribution in [3.8, 4) is 0 Å². The van der Waals surface area contributed by atoms with Gasteiger partial charge in [0.05, 0.1) is 22.6 Å². The molecule has 0 N–H and O–H groups in total. The topological polar surface area (TPSA) is 29.4 Å². The SMILES string of the molecule is O=C1c2ccccc2C2=Nc3ccccc3S[C@@H](c3ccccc3Cl)[C@H]12. The summed E-state index contributed by atoms with van der Waals surface area (Å²) >= 11 is 8.20. The minimum Gasteiger partial charge on any atom is -0.293 e. The molecule has 126 valence electrons. The highest BCUT2D eigenvalue weighted by Gasteiger charge is 2.44. The number of hydrogen-bond donors (Lipinski definition) is 0. The lowest BCUT2D eigenvalue weighted by Gasteiger charge is -2.22. The van der Waals surface area contributed by atoms with E-state index < -0.39 is 0 Å². The quantitative estimate of drug-likeness (QED) is 0.512. The Labute approximate surface area is 160 Å². The zero-order valence-corrected chi connectivity index (χ0v) is 15.3. The summed E-state index contributed by atoms with van der Waals surface area (Å²) in [6, 6.07) is 23.6. The number of aliphatic imine (C=N–C) groups is 1. The minimum absolute atomic E-state index is 0.106. The monoisotopic (exact) mass is 375 g/mol. The number of benzene rings is 3. The number of Topliss-reactive ketones (excluding diaryl/α,β-unsaturated/α-hetero) is 1. The van der Waals surface area contributed by atoms with Crippen LogP contribution >= 0.6 is 23.4 Å². The molecule has 2 nitrogen and oxygen atoms in total. The van der Waals surface area contributed by atoms with Gasteiger partial charge in [0, 0.05) is 21.0 Å². The van der Waals surface area contributed by atoms with E-state index in [1.54, 1.807) is 11.8 Å². The molecule has 2 atom stereocenters. The van der Waals surface area contributed by atoms with Crippen molar-refractivity contribution in [2.45, 2.75) is 10.1 Å². The molecule has 1 aliphatic heterocycles. The van der Waals surface area contributed by atoms with Gasteiger partial charge in [0.25, 0.3) is 0 Å². The Morgan fingerprint density at radius 1 is 0.846 bits per heavy atom. The molecule has 3 aromatic rings. The third kappa shape index (κ3) is 2.35. The molecule has 0 bridgehead atoms. The predicted octanol–water partition coefficient (Wildman–Crippen LogP) is 6.12. The molecular formula is C22H14ClNOS. The van der Waals surface area contributed by atoms with E-state index in [0.29, 0.717) is 5.02 Å². The number of hydrogen-bond acceptors (Lipinski definition) is 3. The largest absolute Gasteiger partial charge is 0.293 e. The Morgan fingerprint density at radius 3 is 2.38 bits per heavy atom. The van der Waals surface area contributed by atoms with Crippen molar-refractivity contribution in [1.82, 2.24) is 0 Å². The van der Waals surface area contributed by atoms with Crippen molar-refractivity contribution in [2.75, 3.05) is 0 Å². The molecule has 0 aromatic heterocycles. The van der Waals surface area contributed by atoms with Crippen LogP contribution in [0.25, 0.3) is 0 Å². The zero-order valence-electron chi connectivity index (χ0n) is 13.7. The average molecular weight is 376 g/mol. The average Bonchev–Trinajstić information content (AvgIpc) is 2.84. The molecule has 0 fully saturated rings. The standard InChI is InChI=1S/C22H14ClNOS/c23-16-10-4-3-9-15(16)22-19-20(13-7-1-2-8-14(13)21(19)25)24-17-11-5-6-12-18(17)26-22/h1-12,19,22H/t19-,22-/m0/s1. The highest BCUT2D eigenvalue weighted by atomic mass is 35.5. The highest BCUT2D eigenvalue weighted by Crippen LogP contribution is 2.52. The number of halogens is 1. The number of thioether (sulfide) groups is 1. The Bertz CT molecular complexity index is 1070. The lowest BCUT2D eigenvalue weighted by Crippen LogP contribution is -2.22. The van der Waals surface area contributed by atoms with Crippen molar-refractivity contribution >= 4 is 40.5 Å². The van der Waals surface area contributed by atoms with Gasteiger partial charge in [0.1, 0.15) is 0 Å². The molecule has 0 spiro atoms. The molecule has 2 aliphatic rings. The first-order valence-corrected chi connectivity index (χ1v) is 9.72. The van der Waals surface area contributed by atoms with E-state index in [2.05, 4.69) is 6.07 Å². The fourth-order valence-corrected chi connectivity index (χ4v) is 5.43. The van der Waals surface area contributed by atoms with Gasteiger partial charge in [-0.3, -0.25) is 9.79 Å². The molecule has 0 saturated carbocycles. The molecular weight excluding hydrogens is 362 g/mol. The van der Waals surface area contributed by atoms with Gasteiger partial charge in [0.15, 0.2) is 5.78 Å². The lowest BCUT2D eigenvalue weighted by molar-refractivity contribution is 0.0960. The fourth-order valence-electron chi connectivity index (χ4n) is 3.72. The van der Waals surface area contributed by atoms with E-state index >= 15 is 0 Å². The van der Waals surface area contributed by atoms with Crippen LogP contribution in [0.5, 0.6) is 0 Å². The van der Waals surface area contributed by atoms with E-state index in [-0.39, 0.29) is 17.0 Å². The van der Waals surface area contributed by atoms with Crippen LogP contribution in [-0.2, 0) is 0 Å². The molecule has 3 aromatic carbocycles. The number of nitrogens with zero attached hydrogens (tertiary/aromatic N) is 1. The van der Waals surface area contributed by atoms with E-state index in [9.17, 15) is 4.79 Å². The zero-order chi connectivity index (χ0) is 17.7. The van der Waals surface area contributed by atoms with Crippen molar-refractivity contribution in [3.05, 3.63) is 94.5 Å². The molecule has 0 radical (unpaired) electrons. The number of ketones is 1. The van der Waals surface area contributed by atoms with Crippen molar-refractivity contribution < 1.29 is 4.79 Å².